The zero-order chi connectivity index (χ0) is 13.8. The molecule has 0 aliphatic heterocycles. The van der Waals surface area contributed by atoms with Gasteiger partial charge in [-0.15, -0.1) is 0 Å². The zero-order valence-electron chi connectivity index (χ0n) is 10.4. The number of rotatable bonds is 5. The molecule has 1 heterocycles. The van der Waals surface area contributed by atoms with Gasteiger partial charge in [-0.1, -0.05) is 29.8 Å². The number of aromatic carboxylic acids is 1. The fraction of sp³-hybridized carbons (Fsp3) is 0.214. The Kier molecular flexibility index (Phi) is 4.24. The lowest BCUT2D eigenvalue weighted by Crippen LogP contribution is -2.18. The number of furan rings is 1. The summed E-state index contributed by atoms with van der Waals surface area (Å²) in [7, 11) is 0. The van der Waals surface area contributed by atoms with Crippen LogP contribution in [0.15, 0.2) is 40.8 Å². The number of benzene rings is 1. The van der Waals surface area contributed by atoms with Gasteiger partial charge < -0.3 is 14.8 Å². The van der Waals surface area contributed by atoms with Crippen LogP contribution in [-0.2, 0) is 6.54 Å². The van der Waals surface area contributed by atoms with Crippen LogP contribution in [0.4, 0.5) is 0 Å². The van der Waals surface area contributed by atoms with Gasteiger partial charge in [0.2, 0.25) is 5.76 Å². The fourth-order valence-corrected chi connectivity index (χ4v) is 2.08. The summed E-state index contributed by atoms with van der Waals surface area (Å²) in [6, 6.07) is 10.7. The maximum atomic E-state index is 10.7. The van der Waals surface area contributed by atoms with Gasteiger partial charge in [-0.2, -0.15) is 0 Å². The van der Waals surface area contributed by atoms with Crippen molar-refractivity contribution >= 4 is 17.6 Å². The van der Waals surface area contributed by atoms with E-state index in [2.05, 4.69) is 5.32 Å². The molecule has 1 aromatic heterocycles. The molecular formula is C14H14ClNO3. The zero-order valence-corrected chi connectivity index (χ0v) is 11.1. The molecule has 0 saturated carbocycles. The quantitative estimate of drug-likeness (QED) is 0.879. The first-order chi connectivity index (χ1) is 9.08. The molecule has 1 atom stereocenters. The minimum Gasteiger partial charge on any atom is -0.475 e. The third-order valence-electron chi connectivity index (χ3n) is 2.83. The molecule has 0 fully saturated rings. The van der Waals surface area contributed by atoms with Crippen molar-refractivity contribution in [2.24, 2.45) is 0 Å². The van der Waals surface area contributed by atoms with E-state index < -0.39 is 5.97 Å². The lowest BCUT2D eigenvalue weighted by molar-refractivity contribution is 0.0660. The maximum Gasteiger partial charge on any atom is 0.371 e. The van der Waals surface area contributed by atoms with Crippen molar-refractivity contribution in [3.8, 4) is 0 Å². The first-order valence-electron chi connectivity index (χ1n) is 5.87. The van der Waals surface area contributed by atoms with Crippen LogP contribution in [0.5, 0.6) is 0 Å². The average molecular weight is 280 g/mol. The molecule has 1 aromatic carbocycles. The van der Waals surface area contributed by atoms with Gasteiger partial charge in [0.25, 0.3) is 0 Å². The summed E-state index contributed by atoms with van der Waals surface area (Å²) < 4.78 is 5.17. The first kappa shape index (κ1) is 13.6. The smallest absolute Gasteiger partial charge is 0.371 e. The summed E-state index contributed by atoms with van der Waals surface area (Å²) in [4.78, 5) is 10.7. The van der Waals surface area contributed by atoms with Crippen LogP contribution >= 0.6 is 11.6 Å². The van der Waals surface area contributed by atoms with Gasteiger partial charge in [0.15, 0.2) is 0 Å². The van der Waals surface area contributed by atoms with Crippen molar-refractivity contribution in [1.82, 2.24) is 5.32 Å². The number of carboxylic acid groups (broad SMARTS) is 1. The lowest BCUT2D eigenvalue weighted by atomic mass is 10.1. The second-order valence-electron chi connectivity index (χ2n) is 4.20. The molecule has 0 spiro atoms. The Morgan fingerprint density at radius 2 is 2.11 bits per heavy atom. The van der Waals surface area contributed by atoms with Crippen LogP contribution in [0.1, 0.15) is 34.8 Å². The summed E-state index contributed by atoms with van der Waals surface area (Å²) in [6.07, 6.45) is 0. The maximum absolute atomic E-state index is 10.7. The highest BCUT2D eigenvalue weighted by atomic mass is 35.5. The largest absolute Gasteiger partial charge is 0.475 e. The number of carboxylic acids is 1. The molecule has 1 unspecified atom stereocenters. The van der Waals surface area contributed by atoms with E-state index in [9.17, 15) is 4.79 Å². The highest BCUT2D eigenvalue weighted by Crippen LogP contribution is 2.22. The van der Waals surface area contributed by atoms with Gasteiger partial charge in [-0.3, -0.25) is 0 Å². The number of hydrogen-bond donors (Lipinski definition) is 2. The predicted molar refractivity (Wildman–Crippen MR) is 72.4 cm³/mol. The minimum atomic E-state index is -1.06. The SMILES string of the molecule is CC(NCc1ccc(C(=O)O)o1)c1ccccc1Cl. The van der Waals surface area contributed by atoms with E-state index in [0.29, 0.717) is 17.3 Å². The van der Waals surface area contributed by atoms with E-state index >= 15 is 0 Å². The molecule has 100 valence electrons. The van der Waals surface area contributed by atoms with Crippen molar-refractivity contribution in [2.75, 3.05) is 0 Å². The fourth-order valence-electron chi connectivity index (χ4n) is 1.78. The molecule has 0 amide bonds. The highest BCUT2D eigenvalue weighted by molar-refractivity contribution is 6.31. The molecule has 4 nitrogen and oxygen atoms in total. The Morgan fingerprint density at radius 1 is 1.37 bits per heavy atom. The van der Waals surface area contributed by atoms with Gasteiger partial charge in [0.05, 0.1) is 6.54 Å². The van der Waals surface area contributed by atoms with Crippen molar-refractivity contribution < 1.29 is 14.3 Å². The van der Waals surface area contributed by atoms with Crippen LogP contribution in [-0.4, -0.2) is 11.1 Å². The highest BCUT2D eigenvalue weighted by Gasteiger charge is 2.11. The Balaban J connectivity index is 1.98. The van der Waals surface area contributed by atoms with Gasteiger partial charge in [0, 0.05) is 11.1 Å². The summed E-state index contributed by atoms with van der Waals surface area (Å²) in [6.45, 7) is 2.43. The van der Waals surface area contributed by atoms with E-state index in [4.69, 9.17) is 21.1 Å². The Labute approximate surface area is 116 Å². The monoisotopic (exact) mass is 279 g/mol. The second kappa shape index (κ2) is 5.91. The van der Waals surface area contributed by atoms with Crippen LogP contribution in [0.2, 0.25) is 5.02 Å². The van der Waals surface area contributed by atoms with E-state index in [1.165, 1.54) is 6.07 Å². The van der Waals surface area contributed by atoms with E-state index in [0.717, 1.165) is 5.56 Å². The third-order valence-corrected chi connectivity index (χ3v) is 3.17. The Hall–Kier alpha value is -1.78. The predicted octanol–water partition coefficient (Wildman–Crippen LogP) is 3.48. The molecular weight excluding hydrogens is 266 g/mol. The van der Waals surface area contributed by atoms with Gasteiger partial charge in [-0.05, 0) is 30.7 Å². The molecule has 2 aromatic rings. The van der Waals surface area contributed by atoms with E-state index in [1.807, 2.05) is 31.2 Å². The van der Waals surface area contributed by atoms with Crippen LogP contribution in [0, 0.1) is 0 Å². The molecule has 0 radical (unpaired) electrons. The van der Waals surface area contributed by atoms with Crippen molar-refractivity contribution in [3.63, 3.8) is 0 Å². The van der Waals surface area contributed by atoms with Gasteiger partial charge in [0.1, 0.15) is 5.76 Å². The Morgan fingerprint density at radius 3 is 2.74 bits per heavy atom. The van der Waals surface area contributed by atoms with Crippen molar-refractivity contribution in [3.05, 3.63) is 58.5 Å². The number of halogens is 1. The van der Waals surface area contributed by atoms with E-state index in [1.54, 1.807) is 6.07 Å². The third kappa shape index (κ3) is 3.36. The topological polar surface area (TPSA) is 62.5 Å². The summed E-state index contributed by atoms with van der Waals surface area (Å²) in [5.41, 5.74) is 0.995. The van der Waals surface area contributed by atoms with Crippen molar-refractivity contribution in [1.29, 1.82) is 0 Å². The molecule has 5 heteroatoms. The standard InChI is InChI=1S/C14H14ClNO3/c1-9(11-4-2-3-5-12(11)15)16-8-10-6-7-13(19-10)14(17)18/h2-7,9,16H,8H2,1H3,(H,17,18). The number of hydrogen-bond acceptors (Lipinski definition) is 3. The molecule has 2 N–H and O–H groups in total. The first-order valence-corrected chi connectivity index (χ1v) is 6.25. The summed E-state index contributed by atoms with van der Waals surface area (Å²) >= 11 is 6.11. The minimum absolute atomic E-state index is 0.0482. The normalized spacial score (nSPS) is 12.3. The van der Waals surface area contributed by atoms with Crippen LogP contribution in [0.25, 0.3) is 0 Å². The van der Waals surface area contributed by atoms with Gasteiger partial charge in [-0.25, -0.2) is 4.79 Å². The van der Waals surface area contributed by atoms with Crippen LogP contribution in [0.3, 0.4) is 0 Å². The van der Waals surface area contributed by atoms with Crippen LogP contribution < -0.4 is 5.32 Å². The Bertz CT molecular complexity index is 580. The molecule has 19 heavy (non-hydrogen) atoms. The van der Waals surface area contributed by atoms with E-state index in [-0.39, 0.29) is 11.8 Å². The second-order valence-corrected chi connectivity index (χ2v) is 4.60. The molecule has 0 bridgehead atoms. The van der Waals surface area contributed by atoms with Gasteiger partial charge >= 0.3 is 5.97 Å². The number of nitrogens with one attached hydrogen (secondary N) is 1. The molecule has 0 aliphatic carbocycles. The molecule has 2 rings (SSSR count). The summed E-state index contributed by atoms with van der Waals surface area (Å²) in [5, 5.41) is 12.7. The lowest BCUT2D eigenvalue weighted by Gasteiger charge is -2.14. The molecule has 0 aliphatic rings. The molecule has 0 saturated heterocycles. The van der Waals surface area contributed by atoms with Crippen molar-refractivity contribution in [2.45, 2.75) is 19.5 Å². The average Bonchev–Trinajstić information content (AvgIpc) is 2.85. The number of carbonyl (C=O) groups is 1. The summed E-state index contributed by atoms with van der Waals surface area (Å²) in [5.74, 6) is -0.538.